The number of benzene rings is 4. The summed E-state index contributed by atoms with van der Waals surface area (Å²) in [6, 6.07) is 24.3. The average Bonchev–Trinajstić information content (AvgIpc) is 2.67. The number of rotatable bonds is 1. The first-order chi connectivity index (χ1) is 13.1. The van der Waals surface area contributed by atoms with Gasteiger partial charge < -0.3 is 0 Å². The van der Waals surface area contributed by atoms with E-state index < -0.39 is 0 Å². The maximum absolute atomic E-state index is 4.84. The lowest BCUT2D eigenvalue weighted by Gasteiger charge is -2.14. The van der Waals surface area contributed by atoms with Crippen LogP contribution in [0, 0.1) is 20.8 Å². The van der Waals surface area contributed by atoms with Crippen LogP contribution in [-0.2, 0) is 0 Å². The molecule has 1 nitrogen and oxygen atoms in total. The highest BCUT2D eigenvalue weighted by atomic mass is 14.7. The van der Waals surface area contributed by atoms with Crippen molar-refractivity contribution in [2.45, 2.75) is 20.8 Å². The molecule has 5 aromatic rings. The van der Waals surface area contributed by atoms with Gasteiger partial charge in [0.25, 0.3) is 0 Å². The van der Waals surface area contributed by atoms with E-state index in [9.17, 15) is 0 Å². The van der Waals surface area contributed by atoms with Crippen molar-refractivity contribution in [2.24, 2.45) is 0 Å². The summed E-state index contributed by atoms with van der Waals surface area (Å²) in [6.45, 7) is 6.46. The topological polar surface area (TPSA) is 12.9 Å². The van der Waals surface area contributed by atoms with Gasteiger partial charge in [-0.2, -0.15) is 0 Å². The number of hydrogen-bond acceptors (Lipinski definition) is 1. The standard InChI is InChI=1S/C26H21N/c1-16-8-9-22-24(15-16)21-7-5-4-6-20(21)23-10-11-27-26(25(22)23)19-13-17(2)12-18(3)14-19/h4-15H,1-3H3. The van der Waals surface area contributed by atoms with Gasteiger partial charge in [0.1, 0.15) is 0 Å². The highest BCUT2D eigenvalue weighted by Gasteiger charge is 2.14. The quantitative estimate of drug-likeness (QED) is 0.294. The molecule has 5 rings (SSSR count). The van der Waals surface area contributed by atoms with Gasteiger partial charge in [0, 0.05) is 17.1 Å². The fraction of sp³-hybridized carbons (Fsp3) is 0.115. The lowest BCUT2D eigenvalue weighted by atomic mass is 9.91. The number of aromatic nitrogens is 1. The summed E-state index contributed by atoms with van der Waals surface area (Å²) in [6.07, 6.45) is 1.95. The zero-order chi connectivity index (χ0) is 18.5. The van der Waals surface area contributed by atoms with E-state index in [2.05, 4.69) is 87.5 Å². The fourth-order valence-corrected chi connectivity index (χ4v) is 4.34. The first-order valence-corrected chi connectivity index (χ1v) is 9.40. The number of aryl methyl sites for hydroxylation is 3. The van der Waals surface area contributed by atoms with Crippen LogP contribution in [0.3, 0.4) is 0 Å². The molecule has 0 amide bonds. The van der Waals surface area contributed by atoms with Crippen LogP contribution in [0.5, 0.6) is 0 Å². The van der Waals surface area contributed by atoms with E-state index in [1.165, 1.54) is 54.6 Å². The van der Waals surface area contributed by atoms with Gasteiger partial charge in [-0.15, -0.1) is 0 Å². The summed E-state index contributed by atoms with van der Waals surface area (Å²) >= 11 is 0. The summed E-state index contributed by atoms with van der Waals surface area (Å²) in [5, 5.41) is 7.69. The Kier molecular flexibility index (Phi) is 3.51. The minimum Gasteiger partial charge on any atom is -0.256 e. The third-order valence-electron chi connectivity index (χ3n) is 5.40. The van der Waals surface area contributed by atoms with Crippen LogP contribution in [0.2, 0.25) is 0 Å². The van der Waals surface area contributed by atoms with Gasteiger partial charge >= 0.3 is 0 Å². The molecule has 0 radical (unpaired) electrons. The predicted octanol–water partition coefficient (Wildman–Crippen LogP) is 7.13. The van der Waals surface area contributed by atoms with Crippen LogP contribution in [0.1, 0.15) is 16.7 Å². The second kappa shape index (κ2) is 5.92. The van der Waals surface area contributed by atoms with Crippen molar-refractivity contribution < 1.29 is 0 Å². The second-order valence-corrected chi connectivity index (χ2v) is 7.55. The molecule has 0 unspecified atom stereocenters. The molecule has 0 aliphatic heterocycles. The normalized spacial score (nSPS) is 11.5. The molecule has 0 fully saturated rings. The van der Waals surface area contributed by atoms with Gasteiger partial charge in [0.2, 0.25) is 0 Å². The monoisotopic (exact) mass is 347 g/mol. The van der Waals surface area contributed by atoms with Gasteiger partial charge in [-0.25, -0.2) is 0 Å². The van der Waals surface area contributed by atoms with E-state index in [1.807, 2.05) is 6.20 Å². The average molecular weight is 347 g/mol. The molecule has 0 atom stereocenters. The van der Waals surface area contributed by atoms with Crippen LogP contribution >= 0.6 is 0 Å². The van der Waals surface area contributed by atoms with Crippen LogP contribution in [0.15, 0.2) is 72.9 Å². The summed E-state index contributed by atoms with van der Waals surface area (Å²) in [4.78, 5) is 4.84. The summed E-state index contributed by atoms with van der Waals surface area (Å²) < 4.78 is 0. The highest BCUT2D eigenvalue weighted by molar-refractivity contribution is 6.28. The van der Waals surface area contributed by atoms with E-state index >= 15 is 0 Å². The van der Waals surface area contributed by atoms with Gasteiger partial charge in [-0.1, -0.05) is 65.2 Å². The second-order valence-electron chi connectivity index (χ2n) is 7.55. The Bertz CT molecular complexity index is 1330. The minimum atomic E-state index is 1.07. The SMILES string of the molecule is Cc1cc(C)cc(-c2nccc3c4ccccc4c4cc(C)ccc4c23)c1. The molecule has 0 aliphatic rings. The maximum Gasteiger partial charge on any atom is 0.0786 e. The molecule has 0 saturated carbocycles. The Morgan fingerprint density at radius 1 is 0.556 bits per heavy atom. The lowest BCUT2D eigenvalue weighted by Crippen LogP contribution is -1.91. The number of hydrogen-bond donors (Lipinski definition) is 0. The molecule has 130 valence electrons. The van der Waals surface area contributed by atoms with E-state index in [-0.39, 0.29) is 0 Å². The van der Waals surface area contributed by atoms with Crippen molar-refractivity contribution in [3.63, 3.8) is 0 Å². The summed E-state index contributed by atoms with van der Waals surface area (Å²) in [5.41, 5.74) is 6.08. The lowest BCUT2D eigenvalue weighted by molar-refractivity contribution is 1.33. The first kappa shape index (κ1) is 16.0. The molecule has 0 aliphatic carbocycles. The molecule has 27 heavy (non-hydrogen) atoms. The third kappa shape index (κ3) is 2.50. The Morgan fingerprint density at radius 3 is 1.96 bits per heavy atom. The van der Waals surface area contributed by atoms with Gasteiger partial charge in [0.15, 0.2) is 0 Å². The van der Waals surface area contributed by atoms with Crippen molar-refractivity contribution >= 4 is 32.3 Å². The van der Waals surface area contributed by atoms with Gasteiger partial charge in [-0.05, 0) is 65.9 Å². The maximum atomic E-state index is 4.84. The summed E-state index contributed by atoms with van der Waals surface area (Å²) in [7, 11) is 0. The minimum absolute atomic E-state index is 1.07. The molecule has 0 spiro atoms. The van der Waals surface area contributed by atoms with E-state index in [0.717, 1.165) is 5.69 Å². The first-order valence-electron chi connectivity index (χ1n) is 9.40. The molecule has 0 bridgehead atoms. The van der Waals surface area contributed by atoms with Gasteiger partial charge in [-0.3, -0.25) is 4.98 Å². The van der Waals surface area contributed by atoms with Crippen molar-refractivity contribution in [1.29, 1.82) is 0 Å². The number of nitrogens with zero attached hydrogens (tertiary/aromatic N) is 1. The Balaban J connectivity index is 2.04. The van der Waals surface area contributed by atoms with Crippen molar-refractivity contribution in [2.75, 3.05) is 0 Å². The highest BCUT2D eigenvalue weighted by Crippen LogP contribution is 2.39. The van der Waals surface area contributed by atoms with Crippen LogP contribution in [-0.4, -0.2) is 4.98 Å². The van der Waals surface area contributed by atoms with Crippen LogP contribution in [0.25, 0.3) is 43.6 Å². The van der Waals surface area contributed by atoms with E-state index in [1.54, 1.807) is 0 Å². The van der Waals surface area contributed by atoms with Crippen LogP contribution in [0.4, 0.5) is 0 Å². The van der Waals surface area contributed by atoms with Crippen LogP contribution < -0.4 is 0 Å². The number of pyridine rings is 1. The molecule has 1 heteroatoms. The zero-order valence-electron chi connectivity index (χ0n) is 15.9. The van der Waals surface area contributed by atoms with Crippen molar-refractivity contribution in [1.82, 2.24) is 4.98 Å². The third-order valence-corrected chi connectivity index (χ3v) is 5.40. The molecule has 1 aromatic heterocycles. The Labute approximate surface area is 159 Å². The molecule has 0 N–H and O–H groups in total. The fourth-order valence-electron chi connectivity index (χ4n) is 4.34. The molecule has 4 aromatic carbocycles. The Morgan fingerprint density at radius 2 is 1.22 bits per heavy atom. The van der Waals surface area contributed by atoms with E-state index in [0.29, 0.717) is 0 Å². The zero-order valence-corrected chi connectivity index (χ0v) is 15.9. The van der Waals surface area contributed by atoms with Crippen molar-refractivity contribution in [3.8, 4) is 11.3 Å². The number of fused-ring (bicyclic) bond motifs is 6. The Hall–Kier alpha value is -3.19. The molecule has 0 saturated heterocycles. The molecular weight excluding hydrogens is 326 g/mol. The van der Waals surface area contributed by atoms with Gasteiger partial charge in [0.05, 0.1) is 5.69 Å². The van der Waals surface area contributed by atoms with Crippen molar-refractivity contribution in [3.05, 3.63) is 89.6 Å². The smallest absolute Gasteiger partial charge is 0.0786 e. The molecular formula is C26H21N. The summed E-state index contributed by atoms with van der Waals surface area (Å²) in [5.74, 6) is 0. The molecule has 1 heterocycles. The predicted molar refractivity (Wildman–Crippen MR) is 116 cm³/mol. The largest absolute Gasteiger partial charge is 0.256 e. The van der Waals surface area contributed by atoms with E-state index in [4.69, 9.17) is 4.98 Å².